The van der Waals surface area contributed by atoms with Crippen molar-refractivity contribution >= 4 is 17.9 Å². The van der Waals surface area contributed by atoms with Crippen molar-refractivity contribution in [1.82, 2.24) is 0 Å². The smallest absolute Gasteiger partial charge is 0.343 e. The van der Waals surface area contributed by atoms with Gasteiger partial charge in [0, 0.05) is 5.92 Å². The Labute approximate surface area is 176 Å². The molecule has 2 saturated carbocycles. The second kappa shape index (κ2) is 4.91. The standard InChI is InChI=1S/C20H24O11/c1-5-12(24)28-11-8(22)18-10-6(21)7(16(2,3)4)17(18)9(23)13(25)30-15(17)31-20(18,14(26)29-10)19(5,11)27/h5-11,15,21-23,27H,1-4H3/t5-,6-,7+,8+,9+,10-,11?,15+,17+,18?,19-,20-/m1/s1. The number of rotatable bonds is 0. The Morgan fingerprint density at radius 3 is 2.19 bits per heavy atom. The lowest BCUT2D eigenvalue weighted by Crippen LogP contribution is -2.67. The third-order valence-corrected chi connectivity index (χ3v) is 8.95. The van der Waals surface area contributed by atoms with Gasteiger partial charge in [0.2, 0.25) is 11.9 Å². The average Bonchev–Trinajstić information content (AvgIpc) is 3.35. The van der Waals surface area contributed by atoms with Crippen LogP contribution in [-0.2, 0) is 33.3 Å². The fraction of sp³-hybridized carbons (Fsp3) is 0.850. The summed E-state index contributed by atoms with van der Waals surface area (Å²) in [6.07, 6.45) is -9.69. The van der Waals surface area contributed by atoms with Gasteiger partial charge in [-0.15, -0.1) is 0 Å². The van der Waals surface area contributed by atoms with Gasteiger partial charge in [-0.05, 0) is 12.3 Å². The molecule has 0 aromatic carbocycles. The zero-order chi connectivity index (χ0) is 22.7. The van der Waals surface area contributed by atoms with E-state index in [1.807, 2.05) is 0 Å². The van der Waals surface area contributed by atoms with E-state index in [2.05, 4.69) is 0 Å². The van der Waals surface area contributed by atoms with Gasteiger partial charge in [0.15, 0.2) is 17.8 Å². The molecule has 4 aliphatic heterocycles. The summed E-state index contributed by atoms with van der Waals surface area (Å²) in [6, 6.07) is 0. The fourth-order valence-corrected chi connectivity index (χ4v) is 8.27. The van der Waals surface area contributed by atoms with Crippen molar-refractivity contribution in [3.05, 3.63) is 0 Å². The number of aliphatic hydroxyl groups excluding tert-OH is 3. The summed E-state index contributed by atoms with van der Waals surface area (Å²) in [6.45, 7) is 6.63. The van der Waals surface area contributed by atoms with Crippen LogP contribution in [0.25, 0.3) is 0 Å². The minimum Gasteiger partial charge on any atom is -0.456 e. The van der Waals surface area contributed by atoms with Gasteiger partial charge in [0.25, 0.3) is 0 Å². The maximum Gasteiger partial charge on any atom is 0.343 e. The third-order valence-electron chi connectivity index (χ3n) is 8.95. The van der Waals surface area contributed by atoms with Gasteiger partial charge in [-0.25, -0.2) is 9.59 Å². The first kappa shape index (κ1) is 19.9. The van der Waals surface area contributed by atoms with Crippen molar-refractivity contribution in [2.75, 3.05) is 0 Å². The fourth-order valence-electron chi connectivity index (χ4n) is 8.27. The van der Waals surface area contributed by atoms with Crippen LogP contribution in [0.15, 0.2) is 0 Å². The van der Waals surface area contributed by atoms with E-state index < -0.39 is 94.0 Å². The highest BCUT2D eigenvalue weighted by Gasteiger charge is 3.05. The topological polar surface area (TPSA) is 169 Å². The van der Waals surface area contributed by atoms with Gasteiger partial charge in [0.05, 0.1) is 22.9 Å². The molecule has 0 aromatic rings. The molecule has 0 amide bonds. The lowest BCUT2D eigenvalue weighted by Gasteiger charge is -2.47. The number of hydrogen-bond acceptors (Lipinski definition) is 11. The first-order valence-corrected chi connectivity index (χ1v) is 10.3. The first-order chi connectivity index (χ1) is 14.3. The molecule has 6 fully saturated rings. The van der Waals surface area contributed by atoms with Crippen LogP contribution in [0.4, 0.5) is 0 Å². The highest BCUT2D eigenvalue weighted by molar-refractivity contribution is 5.94. The number of aliphatic hydroxyl groups is 4. The first-order valence-electron chi connectivity index (χ1n) is 10.3. The van der Waals surface area contributed by atoms with Crippen molar-refractivity contribution in [2.24, 2.45) is 28.1 Å². The quantitative estimate of drug-likeness (QED) is 0.234. The van der Waals surface area contributed by atoms with Crippen LogP contribution in [-0.4, -0.2) is 86.3 Å². The summed E-state index contributed by atoms with van der Waals surface area (Å²) < 4.78 is 22.2. The summed E-state index contributed by atoms with van der Waals surface area (Å²) in [5, 5.41) is 46.1. The number of hydrogen-bond donors (Lipinski definition) is 4. The van der Waals surface area contributed by atoms with E-state index in [0.717, 1.165) is 0 Å². The highest BCUT2D eigenvalue weighted by Crippen LogP contribution is 2.84. The highest BCUT2D eigenvalue weighted by atomic mass is 16.8. The number of fused-ring (bicyclic) bond motifs is 1. The van der Waals surface area contributed by atoms with Crippen molar-refractivity contribution in [3.63, 3.8) is 0 Å². The number of carbonyl (C=O) groups is 3. The maximum atomic E-state index is 13.4. The molecule has 4 heterocycles. The van der Waals surface area contributed by atoms with Crippen LogP contribution in [0.5, 0.6) is 0 Å². The largest absolute Gasteiger partial charge is 0.456 e. The Kier molecular flexibility index (Phi) is 3.15. The molecule has 170 valence electrons. The Balaban J connectivity index is 1.75. The van der Waals surface area contributed by atoms with Crippen LogP contribution in [0, 0.1) is 28.1 Å². The maximum absolute atomic E-state index is 13.4. The molecule has 4 saturated heterocycles. The van der Waals surface area contributed by atoms with Crippen molar-refractivity contribution < 1.29 is 53.8 Å². The molecule has 12 atom stereocenters. The van der Waals surface area contributed by atoms with Crippen molar-refractivity contribution in [2.45, 2.75) is 75.7 Å². The predicted octanol–water partition coefficient (Wildman–Crippen LogP) is -2.40. The Morgan fingerprint density at radius 2 is 1.58 bits per heavy atom. The van der Waals surface area contributed by atoms with Gasteiger partial charge < -0.3 is 39.4 Å². The SMILES string of the molecule is C[C@@H]1C(=O)OC2[C@H](O)C34[C@@H]5OC(=O)[C@]3(O[C@@H]3OC(=O)[C@H](O)[C@@]34[C@H](C(C)(C)C)[C@H]5O)[C@]21O. The molecule has 11 nitrogen and oxygen atoms in total. The molecule has 2 unspecified atom stereocenters. The molecule has 6 rings (SSSR count). The molecule has 31 heavy (non-hydrogen) atoms. The van der Waals surface area contributed by atoms with Crippen LogP contribution in [0.2, 0.25) is 0 Å². The van der Waals surface area contributed by atoms with Crippen LogP contribution >= 0.6 is 0 Å². The van der Waals surface area contributed by atoms with Gasteiger partial charge in [-0.3, -0.25) is 4.79 Å². The number of esters is 3. The van der Waals surface area contributed by atoms with Gasteiger partial charge >= 0.3 is 17.9 Å². The van der Waals surface area contributed by atoms with Gasteiger partial charge in [-0.1, -0.05) is 20.8 Å². The monoisotopic (exact) mass is 440 g/mol. The van der Waals surface area contributed by atoms with Crippen LogP contribution < -0.4 is 0 Å². The molecule has 4 N–H and O–H groups in total. The lowest BCUT2D eigenvalue weighted by molar-refractivity contribution is -0.240. The number of carbonyl (C=O) groups excluding carboxylic acids is 3. The molecule has 11 heteroatoms. The molecule has 0 aromatic heterocycles. The van der Waals surface area contributed by atoms with E-state index in [4.69, 9.17) is 18.9 Å². The van der Waals surface area contributed by atoms with Gasteiger partial charge in [0.1, 0.15) is 12.2 Å². The zero-order valence-electron chi connectivity index (χ0n) is 17.3. The van der Waals surface area contributed by atoms with E-state index in [1.54, 1.807) is 20.8 Å². The second-order valence-electron chi connectivity index (χ2n) is 10.8. The van der Waals surface area contributed by atoms with Gasteiger partial charge in [-0.2, -0.15) is 0 Å². The minimum atomic E-state index is -2.40. The van der Waals surface area contributed by atoms with E-state index in [-0.39, 0.29) is 0 Å². The van der Waals surface area contributed by atoms with E-state index in [0.29, 0.717) is 0 Å². The van der Waals surface area contributed by atoms with E-state index >= 15 is 0 Å². The summed E-state index contributed by atoms with van der Waals surface area (Å²) in [4.78, 5) is 38.3. The summed E-state index contributed by atoms with van der Waals surface area (Å²) in [5.41, 5.74) is -9.40. The number of ether oxygens (including phenoxy) is 4. The molecule has 6 aliphatic rings. The van der Waals surface area contributed by atoms with E-state index in [1.165, 1.54) is 6.92 Å². The minimum absolute atomic E-state index is 0.792. The van der Waals surface area contributed by atoms with Crippen LogP contribution in [0.3, 0.4) is 0 Å². The third kappa shape index (κ3) is 1.43. The molecule has 2 aliphatic carbocycles. The molecular formula is C20H24O11. The zero-order valence-corrected chi connectivity index (χ0v) is 17.3. The summed E-state index contributed by atoms with van der Waals surface area (Å²) in [7, 11) is 0. The summed E-state index contributed by atoms with van der Waals surface area (Å²) >= 11 is 0. The lowest BCUT2D eigenvalue weighted by atomic mass is 9.51. The summed E-state index contributed by atoms with van der Waals surface area (Å²) in [5.74, 6) is -5.22. The molecule has 2 spiro atoms. The molecular weight excluding hydrogens is 416 g/mol. The molecule has 0 radical (unpaired) electrons. The normalized spacial score (nSPS) is 61.0. The predicted molar refractivity (Wildman–Crippen MR) is 93.4 cm³/mol. The Hall–Kier alpha value is -1.79. The Bertz CT molecular complexity index is 957. The molecule has 0 bridgehead atoms. The van der Waals surface area contributed by atoms with Crippen LogP contribution in [0.1, 0.15) is 27.7 Å². The van der Waals surface area contributed by atoms with E-state index in [9.17, 15) is 34.8 Å². The van der Waals surface area contributed by atoms with Crippen molar-refractivity contribution in [1.29, 1.82) is 0 Å². The average molecular weight is 440 g/mol. The Morgan fingerprint density at radius 1 is 0.935 bits per heavy atom. The van der Waals surface area contributed by atoms with Crippen molar-refractivity contribution in [3.8, 4) is 0 Å². The second-order valence-corrected chi connectivity index (χ2v) is 10.8.